The zero-order valence-electron chi connectivity index (χ0n) is 6.42. The molecular formula is C8H5BrClNOS. The first-order chi connectivity index (χ1) is 6.20. The summed E-state index contributed by atoms with van der Waals surface area (Å²) in [5, 5.41) is 9.53. The van der Waals surface area contributed by atoms with Gasteiger partial charge in [0.2, 0.25) is 0 Å². The minimum absolute atomic E-state index is 0.00514. The van der Waals surface area contributed by atoms with Gasteiger partial charge in [-0.15, -0.1) is 11.3 Å². The molecule has 0 unspecified atom stereocenters. The molecule has 68 valence electrons. The molecule has 1 heterocycles. The summed E-state index contributed by atoms with van der Waals surface area (Å²) in [5.41, 5.74) is 1.60. The van der Waals surface area contributed by atoms with Crippen LogP contribution in [0.15, 0.2) is 16.0 Å². The number of fused-ring (bicyclic) bond motifs is 1. The van der Waals surface area contributed by atoms with Crippen LogP contribution in [0.25, 0.3) is 10.2 Å². The van der Waals surface area contributed by atoms with Crippen molar-refractivity contribution in [1.82, 2.24) is 4.98 Å². The van der Waals surface area contributed by atoms with Crippen LogP contribution in [0, 0.1) is 0 Å². The number of aromatic nitrogens is 1. The van der Waals surface area contributed by atoms with Gasteiger partial charge >= 0.3 is 0 Å². The van der Waals surface area contributed by atoms with Crippen molar-refractivity contribution < 1.29 is 5.11 Å². The van der Waals surface area contributed by atoms with Crippen molar-refractivity contribution in [2.75, 3.05) is 0 Å². The molecule has 2 nitrogen and oxygen atoms in total. The van der Waals surface area contributed by atoms with Crippen LogP contribution < -0.4 is 0 Å². The third-order valence-electron chi connectivity index (χ3n) is 1.66. The maximum atomic E-state index is 8.94. The highest BCUT2D eigenvalue weighted by Gasteiger charge is 2.06. The summed E-state index contributed by atoms with van der Waals surface area (Å²) in [5.74, 6) is 0. The molecule has 5 heteroatoms. The van der Waals surface area contributed by atoms with Gasteiger partial charge in [-0.3, -0.25) is 0 Å². The summed E-state index contributed by atoms with van der Waals surface area (Å²) >= 11 is 10.8. The van der Waals surface area contributed by atoms with Crippen LogP contribution in [0.5, 0.6) is 0 Å². The summed E-state index contributed by atoms with van der Waals surface area (Å²) in [6, 6.07) is 3.62. The van der Waals surface area contributed by atoms with E-state index in [4.69, 9.17) is 16.7 Å². The molecule has 0 amide bonds. The highest BCUT2D eigenvalue weighted by molar-refractivity contribution is 9.11. The molecule has 1 aromatic carbocycles. The van der Waals surface area contributed by atoms with Gasteiger partial charge in [-0.05, 0) is 33.6 Å². The fourth-order valence-electron chi connectivity index (χ4n) is 1.11. The third-order valence-corrected chi connectivity index (χ3v) is 3.41. The predicted molar refractivity (Wildman–Crippen MR) is 58.3 cm³/mol. The molecule has 2 aromatic rings. The van der Waals surface area contributed by atoms with Gasteiger partial charge in [0.15, 0.2) is 3.92 Å². The Bertz CT molecular complexity index is 457. The predicted octanol–water partition coefficient (Wildman–Crippen LogP) is 3.20. The van der Waals surface area contributed by atoms with E-state index < -0.39 is 0 Å². The number of benzene rings is 1. The van der Waals surface area contributed by atoms with E-state index in [0.717, 1.165) is 19.7 Å². The Kier molecular flexibility index (Phi) is 2.55. The first-order valence-electron chi connectivity index (χ1n) is 3.56. The number of thiazole rings is 1. The smallest absolute Gasteiger partial charge is 0.160 e. The maximum absolute atomic E-state index is 8.94. The molecule has 0 fully saturated rings. The molecule has 0 aliphatic carbocycles. The van der Waals surface area contributed by atoms with Crippen LogP contribution in [-0.4, -0.2) is 10.1 Å². The molecule has 0 saturated heterocycles. The molecule has 0 atom stereocenters. The van der Waals surface area contributed by atoms with Crippen molar-refractivity contribution in [3.63, 3.8) is 0 Å². The number of halogens is 2. The zero-order chi connectivity index (χ0) is 9.42. The van der Waals surface area contributed by atoms with Gasteiger partial charge in [0, 0.05) is 0 Å². The first kappa shape index (κ1) is 9.40. The Morgan fingerprint density at radius 2 is 2.31 bits per heavy atom. The number of hydrogen-bond donors (Lipinski definition) is 1. The van der Waals surface area contributed by atoms with Gasteiger partial charge in [0.05, 0.1) is 16.3 Å². The number of aliphatic hydroxyl groups is 1. The van der Waals surface area contributed by atoms with Gasteiger partial charge in [0.1, 0.15) is 5.52 Å². The lowest BCUT2D eigenvalue weighted by Crippen LogP contribution is -1.82. The van der Waals surface area contributed by atoms with E-state index in [0.29, 0.717) is 5.02 Å². The first-order valence-corrected chi connectivity index (χ1v) is 5.55. The van der Waals surface area contributed by atoms with Crippen LogP contribution in [0.4, 0.5) is 0 Å². The van der Waals surface area contributed by atoms with Gasteiger partial charge < -0.3 is 5.11 Å². The number of nitrogens with zero attached hydrogens (tertiary/aromatic N) is 1. The molecular weight excluding hydrogens is 274 g/mol. The van der Waals surface area contributed by atoms with Crippen LogP contribution in [0.2, 0.25) is 5.02 Å². The lowest BCUT2D eigenvalue weighted by molar-refractivity contribution is 0.282. The van der Waals surface area contributed by atoms with Gasteiger partial charge in [-0.25, -0.2) is 4.98 Å². The Hall–Kier alpha value is -0.160. The quantitative estimate of drug-likeness (QED) is 0.869. The van der Waals surface area contributed by atoms with Crippen molar-refractivity contribution in [3.8, 4) is 0 Å². The average molecular weight is 279 g/mol. The van der Waals surface area contributed by atoms with Crippen molar-refractivity contribution in [3.05, 3.63) is 26.6 Å². The average Bonchev–Trinajstić information content (AvgIpc) is 2.46. The number of aliphatic hydroxyl groups excluding tert-OH is 1. The molecule has 0 radical (unpaired) electrons. The topological polar surface area (TPSA) is 33.1 Å². The van der Waals surface area contributed by atoms with E-state index in [1.54, 1.807) is 6.07 Å². The molecule has 0 spiro atoms. The molecule has 0 aliphatic heterocycles. The fourth-order valence-corrected chi connectivity index (χ4v) is 2.93. The van der Waals surface area contributed by atoms with E-state index in [9.17, 15) is 0 Å². The molecule has 0 saturated carbocycles. The highest BCUT2D eigenvalue weighted by atomic mass is 79.9. The van der Waals surface area contributed by atoms with Crippen LogP contribution in [-0.2, 0) is 6.61 Å². The second-order valence-corrected chi connectivity index (χ2v) is 5.26. The minimum atomic E-state index is 0.00514. The van der Waals surface area contributed by atoms with E-state index in [2.05, 4.69) is 20.9 Å². The van der Waals surface area contributed by atoms with Crippen molar-refractivity contribution in [2.24, 2.45) is 0 Å². The maximum Gasteiger partial charge on any atom is 0.160 e. The lowest BCUT2D eigenvalue weighted by atomic mass is 10.2. The summed E-state index contributed by atoms with van der Waals surface area (Å²) in [4.78, 5) is 4.21. The molecule has 0 aliphatic rings. The molecule has 1 aromatic heterocycles. The summed E-state index contributed by atoms with van der Waals surface area (Å²) in [7, 11) is 0. The fraction of sp³-hybridized carbons (Fsp3) is 0.125. The van der Waals surface area contributed by atoms with Gasteiger partial charge in [-0.2, -0.15) is 0 Å². The van der Waals surface area contributed by atoms with E-state index in [1.165, 1.54) is 11.3 Å². The molecule has 13 heavy (non-hydrogen) atoms. The van der Waals surface area contributed by atoms with Crippen molar-refractivity contribution in [2.45, 2.75) is 6.61 Å². The molecule has 1 N–H and O–H groups in total. The van der Waals surface area contributed by atoms with Crippen LogP contribution in [0.3, 0.4) is 0 Å². The zero-order valence-corrected chi connectivity index (χ0v) is 9.58. The summed E-state index contributed by atoms with van der Waals surface area (Å²) in [6.07, 6.45) is 0. The minimum Gasteiger partial charge on any atom is -0.392 e. The van der Waals surface area contributed by atoms with Crippen LogP contribution >= 0.6 is 38.9 Å². The number of hydrogen-bond acceptors (Lipinski definition) is 3. The van der Waals surface area contributed by atoms with Crippen molar-refractivity contribution in [1.29, 1.82) is 0 Å². The Labute approximate surface area is 92.3 Å². The lowest BCUT2D eigenvalue weighted by Gasteiger charge is -1.96. The van der Waals surface area contributed by atoms with Gasteiger partial charge in [0.25, 0.3) is 0 Å². The highest BCUT2D eigenvalue weighted by Crippen LogP contribution is 2.31. The van der Waals surface area contributed by atoms with Crippen molar-refractivity contribution >= 4 is 49.1 Å². The normalized spacial score (nSPS) is 11.0. The summed E-state index contributed by atoms with van der Waals surface area (Å²) < 4.78 is 1.79. The Morgan fingerprint density at radius 1 is 1.54 bits per heavy atom. The van der Waals surface area contributed by atoms with E-state index >= 15 is 0 Å². The van der Waals surface area contributed by atoms with Crippen LogP contribution in [0.1, 0.15) is 5.56 Å². The van der Waals surface area contributed by atoms with Gasteiger partial charge in [-0.1, -0.05) is 11.6 Å². The Morgan fingerprint density at radius 3 is 3.00 bits per heavy atom. The molecule has 2 rings (SSSR count). The molecule has 0 bridgehead atoms. The van der Waals surface area contributed by atoms with E-state index in [1.807, 2.05) is 6.07 Å². The monoisotopic (exact) mass is 277 g/mol. The second kappa shape index (κ2) is 3.53. The Balaban J connectivity index is 2.75. The second-order valence-electron chi connectivity index (χ2n) is 2.55. The standard InChI is InChI=1S/C8H5BrClNOS/c9-8-11-7-5(10)1-4(3-12)2-6(7)13-8/h1-2,12H,3H2. The van der Waals surface area contributed by atoms with E-state index in [-0.39, 0.29) is 6.61 Å². The third kappa shape index (κ3) is 1.72. The number of rotatable bonds is 1. The summed E-state index contributed by atoms with van der Waals surface area (Å²) in [6.45, 7) is 0.00514. The largest absolute Gasteiger partial charge is 0.392 e. The SMILES string of the molecule is OCc1cc(Cl)c2nc(Br)sc2c1.